The summed E-state index contributed by atoms with van der Waals surface area (Å²) in [6.45, 7) is 1.47. The molecule has 4 rings (SSSR count). The maximum absolute atomic E-state index is 14.0. The summed E-state index contributed by atoms with van der Waals surface area (Å²) in [5.41, 5.74) is -2.82. The molecule has 0 saturated carbocycles. The average Bonchev–Trinajstić information content (AvgIpc) is 3.39. The van der Waals surface area contributed by atoms with Crippen LogP contribution in [0.3, 0.4) is 0 Å². The fourth-order valence-electron chi connectivity index (χ4n) is 3.97. The zero-order valence-corrected chi connectivity index (χ0v) is 21.4. The molecule has 12 nitrogen and oxygen atoms in total. The second-order valence-corrected chi connectivity index (χ2v) is 8.72. The molecule has 2 aromatic carbocycles. The van der Waals surface area contributed by atoms with Crippen LogP contribution < -0.4 is 21.8 Å². The van der Waals surface area contributed by atoms with Crippen LogP contribution >= 0.6 is 0 Å². The van der Waals surface area contributed by atoms with E-state index in [0.717, 1.165) is 16.2 Å². The second-order valence-electron chi connectivity index (χ2n) is 8.72. The van der Waals surface area contributed by atoms with Gasteiger partial charge in [0, 0.05) is 24.6 Å². The van der Waals surface area contributed by atoms with Crippen molar-refractivity contribution in [1.29, 1.82) is 0 Å². The summed E-state index contributed by atoms with van der Waals surface area (Å²) in [5.74, 6) is -1.46. The van der Waals surface area contributed by atoms with Crippen molar-refractivity contribution in [3.63, 3.8) is 0 Å². The third-order valence-electron chi connectivity index (χ3n) is 5.82. The smallest absolute Gasteiger partial charge is 0.418 e. The molecule has 216 valence electrons. The normalized spacial score (nSPS) is 11.5. The van der Waals surface area contributed by atoms with Crippen LogP contribution in [0.1, 0.15) is 23.6 Å². The van der Waals surface area contributed by atoms with Gasteiger partial charge in [-0.3, -0.25) is 19.0 Å². The number of amides is 2. The predicted molar refractivity (Wildman–Crippen MR) is 140 cm³/mol. The van der Waals surface area contributed by atoms with Gasteiger partial charge in [0.05, 0.1) is 28.9 Å². The number of carboxylic acids is 1. The quantitative estimate of drug-likeness (QED) is 0.0978. The Labute approximate surface area is 228 Å². The topological polar surface area (TPSA) is 157 Å². The molecule has 15 heteroatoms. The zero-order chi connectivity index (χ0) is 29.7. The Balaban J connectivity index is 1.54. The lowest BCUT2D eigenvalue weighted by molar-refractivity contribution is -0.300. The lowest BCUT2D eigenvalue weighted by Crippen LogP contribution is -2.38. The van der Waals surface area contributed by atoms with Gasteiger partial charge in [-0.2, -0.15) is 13.2 Å². The number of hydrogen-bond donors (Lipinski definition) is 4. The molecular formula is C26H24F3N5O7. The summed E-state index contributed by atoms with van der Waals surface area (Å²) < 4.78 is 43.6. The van der Waals surface area contributed by atoms with Gasteiger partial charge in [-0.05, 0) is 48.4 Å². The number of aromatic amines is 1. The van der Waals surface area contributed by atoms with Crippen LogP contribution in [0.15, 0.2) is 64.4 Å². The number of rotatable bonds is 10. The van der Waals surface area contributed by atoms with Crippen LogP contribution in [0.25, 0.3) is 16.7 Å². The van der Waals surface area contributed by atoms with Gasteiger partial charge < -0.3 is 25.3 Å². The number of anilines is 1. The fraction of sp³-hybridized carbons (Fsp3) is 0.231. The van der Waals surface area contributed by atoms with Gasteiger partial charge in [0.2, 0.25) is 0 Å². The van der Waals surface area contributed by atoms with Gasteiger partial charge in [-0.15, -0.1) is 0 Å². The van der Waals surface area contributed by atoms with Crippen molar-refractivity contribution in [2.24, 2.45) is 0 Å². The highest BCUT2D eigenvalue weighted by Crippen LogP contribution is 2.36. The number of alkyl halides is 3. The number of aliphatic carboxylic acids is 1. The SMILES string of the molecule is CCOOCc1ccc(NC(=O)NCc2ccn(-c3cc4c(cc3C(F)(F)F)[nH]c(=O)c(=O)n4CC(=O)O)c2)cc1. The molecule has 0 saturated heterocycles. The van der Waals surface area contributed by atoms with Gasteiger partial charge in [0.1, 0.15) is 13.2 Å². The highest BCUT2D eigenvalue weighted by atomic mass is 19.4. The molecule has 0 aliphatic heterocycles. The fourth-order valence-corrected chi connectivity index (χ4v) is 3.97. The molecule has 41 heavy (non-hydrogen) atoms. The molecule has 0 aliphatic carbocycles. The highest BCUT2D eigenvalue weighted by molar-refractivity contribution is 5.89. The molecule has 4 aromatic rings. The largest absolute Gasteiger partial charge is 0.480 e. The van der Waals surface area contributed by atoms with Crippen LogP contribution in [0.2, 0.25) is 0 Å². The molecule has 0 bridgehead atoms. The molecule has 0 spiro atoms. The van der Waals surface area contributed by atoms with Gasteiger partial charge >= 0.3 is 29.3 Å². The minimum atomic E-state index is -4.86. The number of carbonyl (C=O) groups excluding carboxylic acids is 1. The van der Waals surface area contributed by atoms with E-state index in [2.05, 4.69) is 15.6 Å². The standard InChI is InChI=1S/C26H24F3N5O7/c1-2-40-41-14-15-3-5-17(6-4-15)31-25(39)30-11-16-7-8-33(12-16)20-10-21-19(9-18(20)26(27,28)29)32-23(37)24(38)34(21)13-22(35)36/h3-10,12H,2,11,13-14H2,1H3,(H,32,37)(H,35,36)(H2,30,31,39). The summed E-state index contributed by atoms with van der Waals surface area (Å²) in [6, 6.07) is 9.35. The number of aromatic nitrogens is 3. The van der Waals surface area contributed by atoms with Crippen LogP contribution in [0.4, 0.5) is 23.7 Å². The number of halogens is 3. The van der Waals surface area contributed by atoms with E-state index < -0.39 is 47.1 Å². The van der Waals surface area contributed by atoms with Crippen LogP contribution in [0.5, 0.6) is 0 Å². The minimum Gasteiger partial charge on any atom is -0.480 e. The zero-order valence-electron chi connectivity index (χ0n) is 21.4. The summed E-state index contributed by atoms with van der Waals surface area (Å²) in [4.78, 5) is 59.7. The predicted octanol–water partition coefficient (Wildman–Crippen LogP) is 3.37. The van der Waals surface area contributed by atoms with Crippen LogP contribution in [-0.4, -0.2) is 37.8 Å². The van der Waals surface area contributed by atoms with Crippen molar-refractivity contribution in [3.05, 3.63) is 92.3 Å². The summed E-state index contributed by atoms with van der Waals surface area (Å²) >= 11 is 0. The number of hydrogen-bond acceptors (Lipinski definition) is 6. The number of fused-ring (bicyclic) bond motifs is 1. The van der Waals surface area contributed by atoms with Crippen molar-refractivity contribution >= 4 is 28.7 Å². The molecule has 0 unspecified atom stereocenters. The van der Waals surface area contributed by atoms with E-state index in [0.29, 0.717) is 28.5 Å². The Bertz CT molecular complexity index is 1690. The first-order valence-corrected chi connectivity index (χ1v) is 12.1. The number of urea groups is 1. The number of nitrogens with zero attached hydrogens (tertiary/aromatic N) is 2. The van der Waals surface area contributed by atoms with Crippen LogP contribution in [-0.2, 0) is 40.4 Å². The molecule has 2 aromatic heterocycles. The van der Waals surface area contributed by atoms with E-state index in [1.54, 1.807) is 31.2 Å². The molecule has 0 radical (unpaired) electrons. The number of carboxylic acid groups (broad SMARTS) is 1. The van der Waals surface area contributed by atoms with Crippen molar-refractivity contribution in [1.82, 2.24) is 19.4 Å². The molecule has 4 N–H and O–H groups in total. The van der Waals surface area contributed by atoms with E-state index in [-0.39, 0.29) is 24.2 Å². The Kier molecular flexibility index (Phi) is 8.59. The molecule has 0 fully saturated rings. The van der Waals surface area contributed by atoms with Crippen LogP contribution in [0, 0.1) is 0 Å². The molecule has 0 atom stereocenters. The van der Waals surface area contributed by atoms with E-state index in [4.69, 9.17) is 14.9 Å². The van der Waals surface area contributed by atoms with Gasteiger partial charge in [-0.1, -0.05) is 12.1 Å². The van der Waals surface area contributed by atoms with E-state index >= 15 is 0 Å². The third kappa shape index (κ3) is 7.01. The molecule has 2 amide bonds. The summed E-state index contributed by atoms with van der Waals surface area (Å²) in [5, 5.41) is 14.4. The van der Waals surface area contributed by atoms with Crippen molar-refractivity contribution in [2.45, 2.75) is 32.8 Å². The first-order valence-electron chi connectivity index (χ1n) is 12.1. The Morgan fingerprint density at radius 1 is 1.05 bits per heavy atom. The van der Waals surface area contributed by atoms with Crippen molar-refractivity contribution < 1.29 is 37.6 Å². The molecule has 2 heterocycles. The first kappa shape index (κ1) is 29.1. The third-order valence-corrected chi connectivity index (χ3v) is 5.82. The molecule has 0 aliphatic rings. The average molecular weight is 576 g/mol. The Morgan fingerprint density at radius 3 is 2.44 bits per heavy atom. The van der Waals surface area contributed by atoms with Gasteiger partial charge in [0.15, 0.2) is 0 Å². The molecular weight excluding hydrogens is 551 g/mol. The van der Waals surface area contributed by atoms with Gasteiger partial charge in [-0.25, -0.2) is 14.6 Å². The lowest BCUT2D eigenvalue weighted by Gasteiger charge is -2.17. The second kappa shape index (κ2) is 12.1. The Morgan fingerprint density at radius 2 is 1.78 bits per heavy atom. The lowest BCUT2D eigenvalue weighted by atomic mass is 10.1. The Hall–Kier alpha value is -4.89. The van der Waals surface area contributed by atoms with E-state index in [9.17, 15) is 32.3 Å². The van der Waals surface area contributed by atoms with E-state index in [1.807, 2.05) is 0 Å². The first-order chi connectivity index (χ1) is 19.5. The maximum Gasteiger partial charge on any atom is 0.418 e. The van der Waals surface area contributed by atoms with Crippen molar-refractivity contribution in [3.8, 4) is 5.69 Å². The number of benzene rings is 2. The highest BCUT2D eigenvalue weighted by Gasteiger charge is 2.35. The van der Waals surface area contributed by atoms with Crippen molar-refractivity contribution in [2.75, 3.05) is 11.9 Å². The van der Waals surface area contributed by atoms with Gasteiger partial charge in [0.25, 0.3) is 0 Å². The number of nitrogens with one attached hydrogen (secondary N) is 3. The summed E-state index contributed by atoms with van der Waals surface area (Å²) in [6.07, 6.45) is -2.20. The number of H-pyrrole nitrogens is 1. The maximum atomic E-state index is 14.0. The summed E-state index contributed by atoms with van der Waals surface area (Å²) in [7, 11) is 0. The van der Waals surface area contributed by atoms with E-state index in [1.165, 1.54) is 18.5 Å². The monoisotopic (exact) mass is 575 g/mol. The minimum absolute atomic E-state index is 0.0366. The number of carbonyl (C=O) groups is 2.